The van der Waals surface area contributed by atoms with Gasteiger partial charge in [-0.3, -0.25) is 4.98 Å². The van der Waals surface area contributed by atoms with Crippen molar-refractivity contribution < 1.29 is 13.2 Å². The second kappa shape index (κ2) is 3.70. The summed E-state index contributed by atoms with van der Waals surface area (Å²) in [4.78, 5) is 3.93. The first kappa shape index (κ1) is 12.4. The van der Waals surface area contributed by atoms with Crippen molar-refractivity contribution in [2.24, 2.45) is 17.1 Å². The van der Waals surface area contributed by atoms with Gasteiger partial charge in [0.05, 0.1) is 11.3 Å². The Morgan fingerprint density at radius 2 is 2.06 bits per heavy atom. The number of hydrogen-bond acceptors (Lipinski definition) is 2. The summed E-state index contributed by atoms with van der Waals surface area (Å²) in [5.74, 6) is -0.108. The summed E-state index contributed by atoms with van der Waals surface area (Å²) in [6, 6.07) is 2.41. The largest absolute Gasteiger partial charge is 0.418 e. The molecule has 0 saturated heterocycles. The van der Waals surface area contributed by atoms with Crippen molar-refractivity contribution in [3.05, 3.63) is 29.6 Å². The van der Waals surface area contributed by atoms with E-state index in [-0.39, 0.29) is 22.9 Å². The van der Waals surface area contributed by atoms with Crippen molar-refractivity contribution in [2.45, 2.75) is 25.9 Å². The SMILES string of the molecule is CC1(C)[C@H](CN)[C@H]1c1ncccc1C(F)(F)F. The van der Waals surface area contributed by atoms with Crippen molar-refractivity contribution in [2.75, 3.05) is 6.54 Å². The van der Waals surface area contributed by atoms with E-state index in [4.69, 9.17) is 5.73 Å². The zero-order valence-electron chi connectivity index (χ0n) is 9.75. The fourth-order valence-electron chi connectivity index (χ4n) is 2.63. The van der Waals surface area contributed by atoms with E-state index in [1.54, 1.807) is 0 Å². The van der Waals surface area contributed by atoms with Crippen LogP contribution in [-0.2, 0) is 6.18 Å². The van der Waals surface area contributed by atoms with Crippen molar-refractivity contribution in [1.29, 1.82) is 0 Å². The molecule has 2 atom stereocenters. The molecule has 1 heterocycles. The molecule has 1 aliphatic carbocycles. The Kier molecular flexibility index (Phi) is 2.69. The highest BCUT2D eigenvalue weighted by atomic mass is 19.4. The lowest BCUT2D eigenvalue weighted by Crippen LogP contribution is -2.11. The van der Waals surface area contributed by atoms with Gasteiger partial charge >= 0.3 is 6.18 Å². The average Bonchev–Trinajstić information content (AvgIpc) is 2.79. The molecule has 0 unspecified atom stereocenters. The van der Waals surface area contributed by atoms with Crippen LogP contribution in [0.15, 0.2) is 18.3 Å². The number of halogens is 3. The van der Waals surface area contributed by atoms with E-state index < -0.39 is 11.7 Å². The molecule has 0 spiro atoms. The molecule has 0 aliphatic heterocycles. The molecule has 17 heavy (non-hydrogen) atoms. The van der Waals surface area contributed by atoms with Crippen LogP contribution in [0.2, 0.25) is 0 Å². The van der Waals surface area contributed by atoms with Crippen molar-refractivity contribution in [3.63, 3.8) is 0 Å². The highest BCUT2D eigenvalue weighted by Gasteiger charge is 2.59. The predicted molar refractivity (Wildman–Crippen MR) is 58.3 cm³/mol. The average molecular weight is 244 g/mol. The van der Waals surface area contributed by atoms with Crippen molar-refractivity contribution >= 4 is 0 Å². The third-order valence-corrected chi connectivity index (χ3v) is 3.74. The number of hydrogen-bond donors (Lipinski definition) is 1. The molecule has 94 valence electrons. The number of nitrogens with zero attached hydrogens (tertiary/aromatic N) is 1. The van der Waals surface area contributed by atoms with E-state index in [1.165, 1.54) is 12.3 Å². The van der Waals surface area contributed by atoms with E-state index in [0.29, 0.717) is 6.54 Å². The lowest BCUT2D eigenvalue weighted by molar-refractivity contribution is -0.138. The number of rotatable bonds is 2. The van der Waals surface area contributed by atoms with Crippen LogP contribution in [0.4, 0.5) is 13.2 Å². The van der Waals surface area contributed by atoms with Gasteiger partial charge in [0.2, 0.25) is 0 Å². The molecule has 1 aromatic rings. The van der Waals surface area contributed by atoms with Crippen LogP contribution < -0.4 is 5.73 Å². The van der Waals surface area contributed by atoms with Gasteiger partial charge in [-0.2, -0.15) is 13.2 Å². The van der Waals surface area contributed by atoms with Gasteiger partial charge < -0.3 is 5.73 Å². The Morgan fingerprint density at radius 1 is 1.41 bits per heavy atom. The molecule has 2 rings (SSSR count). The number of alkyl halides is 3. The van der Waals surface area contributed by atoms with Crippen LogP contribution >= 0.6 is 0 Å². The van der Waals surface area contributed by atoms with E-state index in [2.05, 4.69) is 4.98 Å². The minimum absolute atomic E-state index is 0.0819. The fraction of sp³-hybridized carbons (Fsp3) is 0.583. The summed E-state index contributed by atoms with van der Waals surface area (Å²) in [5.41, 5.74) is 4.90. The Balaban J connectivity index is 2.42. The van der Waals surface area contributed by atoms with Crippen molar-refractivity contribution in [1.82, 2.24) is 4.98 Å². The number of pyridine rings is 1. The Hall–Kier alpha value is -1.10. The summed E-state index contributed by atoms with van der Waals surface area (Å²) in [6.07, 6.45) is -2.94. The third-order valence-electron chi connectivity index (χ3n) is 3.74. The maximum Gasteiger partial charge on any atom is 0.418 e. The third kappa shape index (κ3) is 1.92. The predicted octanol–water partition coefficient (Wildman–Crippen LogP) is 2.80. The highest BCUT2D eigenvalue weighted by molar-refractivity contribution is 5.34. The van der Waals surface area contributed by atoms with Crippen LogP contribution in [0.3, 0.4) is 0 Å². The number of nitrogens with two attached hydrogens (primary N) is 1. The minimum atomic E-state index is -4.35. The summed E-state index contributed by atoms with van der Waals surface area (Å²) in [5, 5.41) is 0. The first-order chi connectivity index (χ1) is 7.80. The Labute approximate surface area is 98.0 Å². The minimum Gasteiger partial charge on any atom is -0.330 e. The van der Waals surface area contributed by atoms with Crippen LogP contribution in [0.25, 0.3) is 0 Å². The zero-order valence-corrected chi connectivity index (χ0v) is 9.75. The zero-order chi connectivity index (χ0) is 12.8. The maximum atomic E-state index is 12.8. The first-order valence-corrected chi connectivity index (χ1v) is 5.52. The molecule has 0 radical (unpaired) electrons. The lowest BCUT2D eigenvalue weighted by atomic mass is 10.0. The van der Waals surface area contributed by atoms with Gasteiger partial charge in [-0.15, -0.1) is 0 Å². The van der Waals surface area contributed by atoms with Gasteiger partial charge in [0.15, 0.2) is 0 Å². The quantitative estimate of drug-likeness (QED) is 0.868. The van der Waals surface area contributed by atoms with Gasteiger partial charge in [0.1, 0.15) is 0 Å². The topological polar surface area (TPSA) is 38.9 Å². The molecule has 0 aromatic carbocycles. The molecule has 1 aromatic heterocycles. The van der Waals surface area contributed by atoms with Crippen LogP contribution in [-0.4, -0.2) is 11.5 Å². The summed E-state index contributed by atoms with van der Waals surface area (Å²) in [6.45, 7) is 4.26. The summed E-state index contributed by atoms with van der Waals surface area (Å²) >= 11 is 0. The van der Waals surface area contributed by atoms with Gasteiger partial charge in [-0.1, -0.05) is 13.8 Å². The fourth-order valence-corrected chi connectivity index (χ4v) is 2.63. The normalized spacial score (nSPS) is 26.9. The van der Waals surface area contributed by atoms with Crippen molar-refractivity contribution in [3.8, 4) is 0 Å². The van der Waals surface area contributed by atoms with Gasteiger partial charge in [-0.05, 0) is 30.0 Å². The smallest absolute Gasteiger partial charge is 0.330 e. The standard InChI is InChI=1S/C12H15F3N2/c1-11(2)8(6-16)9(11)10-7(12(13,14)15)4-3-5-17-10/h3-5,8-9H,6,16H2,1-2H3/t8-,9+/m1/s1. The Morgan fingerprint density at radius 3 is 2.53 bits per heavy atom. The molecule has 2 nitrogen and oxygen atoms in total. The molecular formula is C12H15F3N2. The highest BCUT2D eigenvalue weighted by Crippen LogP contribution is 2.64. The van der Waals surface area contributed by atoms with E-state index in [1.807, 2.05) is 13.8 Å². The monoisotopic (exact) mass is 244 g/mol. The second-order valence-corrected chi connectivity index (χ2v) is 5.08. The molecule has 5 heteroatoms. The molecule has 1 saturated carbocycles. The molecule has 0 amide bonds. The molecule has 2 N–H and O–H groups in total. The molecular weight excluding hydrogens is 229 g/mol. The number of aromatic nitrogens is 1. The second-order valence-electron chi connectivity index (χ2n) is 5.08. The van der Waals surface area contributed by atoms with Crippen LogP contribution in [0.1, 0.15) is 31.0 Å². The molecule has 1 fully saturated rings. The van der Waals surface area contributed by atoms with E-state index >= 15 is 0 Å². The molecule has 1 aliphatic rings. The summed E-state index contributed by atoms with van der Waals surface area (Å²) in [7, 11) is 0. The van der Waals surface area contributed by atoms with E-state index in [0.717, 1.165) is 6.07 Å². The molecule has 0 bridgehead atoms. The first-order valence-electron chi connectivity index (χ1n) is 5.52. The van der Waals surface area contributed by atoms with E-state index in [9.17, 15) is 13.2 Å². The maximum absolute atomic E-state index is 12.8. The van der Waals surface area contributed by atoms with Gasteiger partial charge in [0.25, 0.3) is 0 Å². The lowest BCUT2D eigenvalue weighted by Gasteiger charge is -2.12. The van der Waals surface area contributed by atoms with Gasteiger partial charge in [0, 0.05) is 12.1 Å². The van der Waals surface area contributed by atoms with Crippen LogP contribution in [0.5, 0.6) is 0 Å². The summed E-state index contributed by atoms with van der Waals surface area (Å²) < 4.78 is 38.5. The van der Waals surface area contributed by atoms with Gasteiger partial charge in [-0.25, -0.2) is 0 Å². The Bertz CT molecular complexity index is 426. The van der Waals surface area contributed by atoms with Crippen LogP contribution in [0, 0.1) is 11.3 Å².